The van der Waals surface area contributed by atoms with E-state index in [1.807, 2.05) is 6.07 Å². The van der Waals surface area contributed by atoms with Crippen molar-refractivity contribution in [2.75, 3.05) is 52.5 Å². The summed E-state index contributed by atoms with van der Waals surface area (Å²) in [5, 5.41) is 4.94. The summed E-state index contributed by atoms with van der Waals surface area (Å²) >= 11 is 0. The molecule has 0 spiro atoms. The fourth-order valence-electron chi connectivity index (χ4n) is 5.10. The lowest BCUT2D eigenvalue weighted by atomic mass is 10.1. The molecule has 0 saturated carbocycles. The van der Waals surface area contributed by atoms with Crippen LogP contribution in [0.1, 0.15) is 42.6 Å². The molecule has 0 radical (unpaired) electrons. The van der Waals surface area contributed by atoms with Crippen molar-refractivity contribution in [1.29, 1.82) is 0 Å². The number of rotatable bonds is 11. The number of carbonyl (C=O) groups is 6. The molecule has 254 valence electrons. The van der Waals surface area contributed by atoms with Crippen LogP contribution in [-0.2, 0) is 23.9 Å². The van der Waals surface area contributed by atoms with Crippen molar-refractivity contribution in [3.63, 3.8) is 0 Å². The second-order valence-corrected chi connectivity index (χ2v) is 10.5. The summed E-state index contributed by atoms with van der Waals surface area (Å²) < 4.78 is 25.8. The van der Waals surface area contributed by atoms with Gasteiger partial charge in [-0.05, 0) is 26.0 Å². The number of hydrogen-bond acceptors (Lipinski definition) is 8. The van der Waals surface area contributed by atoms with E-state index < -0.39 is 41.5 Å². The van der Waals surface area contributed by atoms with Crippen LogP contribution in [0.3, 0.4) is 0 Å². The van der Waals surface area contributed by atoms with Crippen LogP contribution in [0.15, 0.2) is 59.7 Å². The van der Waals surface area contributed by atoms with E-state index in [1.165, 1.54) is 17.0 Å². The summed E-state index contributed by atoms with van der Waals surface area (Å²) in [6.45, 7) is 4.41. The van der Waals surface area contributed by atoms with E-state index >= 15 is 4.39 Å². The Hall–Kier alpha value is -5.60. The number of nitrogens with zero attached hydrogens (tertiary/aromatic N) is 4. The Bertz CT molecular complexity index is 1700. The number of amidine groups is 1. The molecule has 0 aliphatic carbocycles. The molecule has 1 aliphatic rings. The molecule has 1 fully saturated rings. The Morgan fingerprint density at radius 3 is 2.02 bits per heavy atom. The normalized spacial score (nSPS) is 13.2. The summed E-state index contributed by atoms with van der Waals surface area (Å²) in [5.41, 5.74) is 0.452. The number of aliphatic imine (C=N–C) groups is 1. The molecule has 0 bridgehead atoms. The van der Waals surface area contributed by atoms with Crippen molar-refractivity contribution < 1.29 is 42.6 Å². The van der Waals surface area contributed by atoms with Gasteiger partial charge >= 0.3 is 24.0 Å². The average molecular weight is 665 g/mol. The quantitative estimate of drug-likeness (QED) is 0.103. The monoisotopic (exact) mass is 664 g/mol. The fraction of sp³-hybridized carbons (Fsp3) is 0.364. The minimum atomic E-state index is -0.991. The highest BCUT2D eigenvalue weighted by Crippen LogP contribution is 2.26. The van der Waals surface area contributed by atoms with Crippen LogP contribution >= 0.6 is 0 Å². The largest absolute Gasteiger partial charge is 0.466 e. The van der Waals surface area contributed by atoms with E-state index in [1.54, 1.807) is 43.0 Å². The highest BCUT2D eigenvalue weighted by atomic mass is 19.1. The number of ketones is 1. The van der Waals surface area contributed by atoms with Gasteiger partial charge in [-0.1, -0.05) is 36.4 Å². The first-order valence-corrected chi connectivity index (χ1v) is 15.5. The van der Waals surface area contributed by atoms with Crippen LogP contribution in [0.25, 0.3) is 10.9 Å². The van der Waals surface area contributed by atoms with E-state index in [0.29, 0.717) is 11.4 Å². The number of halogens is 1. The summed E-state index contributed by atoms with van der Waals surface area (Å²) in [4.78, 5) is 83.1. The van der Waals surface area contributed by atoms with Gasteiger partial charge in [0.2, 0.25) is 0 Å². The number of hydrogen-bond donors (Lipinski definition) is 2. The minimum absolute atomic E-state index is 0.00664. The molecule has 4 rings (SSSR count). The number of benzene rings is 2. The first kappa shape index (κ1) is 35.3. The first-order valence-electron chi connectivity index (χ1n) is 15.5. The topological polar surface area (TPSA) is 169 Å². The number of urea groups is 1. The average Bonchev–Trinajstić information content (AvgIpc) is 3.48. The van der Waals surface area contributed by atoms with Crippen LogP contribution in [0, 0.1) is 5.82 Å². The van der Waals surface area contributed by atoms with Crippen LogP contribution in [-0.4, -0.2) is 108 Å². The predicted octanol–water partition coefficient (Wildman–Crippen LogP) is 2.73. The van der Waals surface area contributed by atoms with Gasteiger partial charge in [-0.2, -0.15) is 4.99 Å². The molecule has 1 aromatic heterocycles. The zero-order valence-corrected chi connectivity index (χ0v) is 26.7. The third-order valence-corrected chi connectivity index (χ3v) is 7.36. The number of fused-ring (bicyclic) bond motifs is 1. The molecule has 15 heteroatoms. The Labute approximate surface area is 275 Å². The van der Waals surface area contributed by atoms with Crippen molar-refractivity contribution >= 4 is 52.4 Å². The van der Waals surface area contributed by atoms with Gasteiger partial charge in [0.25, 0.3) is 11.7 Å². The standard InChI is InChI=1S/C33H37FN6O8/c1-3-47-26(41)13-15-35-32(45)37-30(22-9-6-5-7-10-22)38-17-19-39(20-18-38)31(44)29(43)23-21-40(25-12-8-11-24(34)28(23)25)33(46)36-16-14-27(42)48-4-2/h5-12,21H,3-4,13-20H2,1-2H3,(H,35,45)(H,36,46)/b37-30+. The van der Waals surface area contributed by atoms with Crippen LogP contribution in [0.5, 0.6) is 0 Å². The molecule has 2 aromatic carbocycles. The number of piperazine rings is 1. The zero-order chi connectivity index (χ0) is 34.6. The van der Waals surface area contributed by atoms with E-state index in [9.17, 15) is 28.8 Å². The molecule has 4 amide bonds. The Morgan fingerprint density at radius 1 is 0.792 bits per heavy atom. The number of amides is 4. The summed E-state index contributed by atoms with van der Waals surface area (Å²) in [6.07, 6.45) is 1.03. The molecule has 0 atom stereocenters. The third-order valence-electron chi connectivity index (χ3n) is 7.36. The third kappa shape index (κ3) is 8.80. The summed E-state index contributed by atoms with van der Waals surface area (Å²) in [7, 11) is 0. The maximum atomic E-state index is 15.0. The molecule has 1 saturated heterocycles. The van der Waals surface area contributed by atoms with E-state index in [4.69, 9.17) is 9.47 Å². The molecule has 0 unspecified atom stereocenters. The molecular formula is C33H37FN6O8. The van der Waals surface area contributed by atoms with Gasteiger partial charge in [-0.3, -0.25) is 23.7 Å². The van der Waals surface area contributed by atoms with Crippen molar-refractivity contribution in [2.24, 2.45) is 4.99 Å². The van der Waals surface area contributed by atoms with Crippen molar-refractivity contribution in [3.05, 3.63) is 71.7 Å². The number of nitrogens with one attached hydrogen (secondary N) is 2. The maximum Gasteiger partial charge on any atom is 0.342 e. The lowest BCUT2D eigenvalue weighted by Gasteiger charge is -2.36. The number of carbonyl (C=O) groups excluding carboxylic acids is 6. The number of ether oxygens (including phenoxy) is 2. The molecular weight excluding hydrogens is 627 g/mol. The molecule has 3 aromatic rings. The second kappa shape index (κ2) is 16.8. The highest BCUT2D eigenvalue weighted by Gasteiger charge is 2.32. The zero-order valence-electron chi connectivity index (χ0n) is 26.7. The molecule has 2 N–H and O–H groups in total. The number of esters is 2. The SMILES string of the molecule is CCOC(=O)CCNC(=O)/N=C(\c1ccccc1)N1CCN(C(=O)C(=O)c2cn(C(=O)NCCC(=O)OCC)c3cccc(F)c23)CC1. The van der Waals surface area contributed by atoms with Gasteiger partial charge in [0.1, 0.15) is 11.7 Å². The summed E-state index contributed by atoms with van der Waals surface area (Å²) in [5.74, 6) is -3.25. The van der Waals surface area contributed by atoms with Crippen LogP contribution in [0.4, 0.5) is 14.0 Å². The van der Waals surface area contributed by atoms with Crippen molar-refractivity contribution in [3.8, 4) is 0 Å². The van der Waals surface area contributed by atoms with Crippen LogP contribution < -0.4 is 10.6 Å². The van der Waals surface area contributed by atoms with Gasteiger partial charge in [-0.15, -0.1) is 0 Å². The molecule has 1 aliphatic heterocycles. The van der Waals surface area contributed by atoms with Gasteiger partial charge in [0, 0.05) is 56.4 Å². The lowest BCUT2D eigenvalue weighted by molar-refractivity contribution is -0.143. The van der Waals surface area contributed by atoms with E-state index in [-0.39, 0.29) is 81.8 Å². The van der Waals surface area contributed by atoms with Gasteiger partial charge in [-0.25, -0.2) is 14.0 Å². The fourth-order valence-corrected chi connectivity index (χ4v) is 5.10. The van der Waals surface area contributed by atoms with Gasteiger partial charge in [0.15, 0.2) is 0 Å². The van der Waals surface area contributed by atoms with Gasteiger partial charge in [0.05, 0.1) is 37.1 Å². The predicted molar refractivity (Wildman–Crippen MR) is 172 cm³/mol. The maximum absolute atomic E-state index is 15.0. The van der Waals surface area contributed by atoms with Crippen LogP contribution in [0.2, 0.25) is 0 Å². The molecule has 48 heavy (non-hydrogen) atoms. The second-order valence-electron chi connectivity index (χ2n) is 10.5. The Balaban J connectivity index is 1.46. The van der Waals surface area contributed by atoms with E-state index in [2.05, 4.69) is 15.6 Å². The van der Waals surface area contributed by atoms with Crippen molar-refractivity contribution in [1.82, 2.24) is 25.0 Å². The van der Waals surface area contributed by atoms with E-state index in [0.717, 1.165) is 16.8 Å². The first-order chi connectivity index (χ1) is 23.1. The van der Waals surface area contributed by atoms with Crippen molar-refractivity contribution in [2.45, 2.75) is 26.7 Å². The summed E-state index contributed by atoms with van der Waals surface area (Å²) in [6, 6.07) is 11.5. The highest BCUT2D eigenvalue weighted by molar-refractivity contribution is 6.45. The molecule has 14 nitrogen and oxygen atoms in total. The number of aromatic nitrogens is 1. The Kier molecular flexibility index (Phi) is 12.3. The minimum Gasteiger partial charge on any atom is -0.466 e. The Morgan fingerprint density at radius 2 is 1.40 bits per heavy atom. The smallest absolute Gasteiger partial charge is 0.342 e. The van der Waals surface area contributed by atoms with Gasteiger partial charge < -0.3 is 29.9 Å². The lowest BCUT2D eigenvalue weighted by Crippen LogP contribution is -2.52. The molecule has 2 heterocycles. The number of Topliss-reactive ketones (excluding diaryl/α,β-unsaturated/α-hetero) is 1.